The molecule has 0 aliphatic carbocycles. The maximum Gasteiger partial charge on any atom is 0.357 e. The van der Waals surface area contributed by atoms with Gasteiger partial charge in [-0.25, -0.2) is 9.20 Å². The van der Waals surface area contributed by atoms with Gasteiger partial charge in [0.05, 0.1) is 6.61 Å². The molecule has 0 radical (unpaired) electrons. The quantitative estimate of drug-likeness (QED) is 0.618. The lowest BCUT2D eigenvalue weighted by Gasteiger charge is -2.24. The van der Waals surface area contributed by atoms with E-state index in [1.807, 2.05) is 0 Å². The fraction of sp³-hybridized carbons (Fsp3) is 0.400. The largest absolute Gasteiger partial charge is 0.394 e. The third-order valence-corrected chi connectivity index (χ3v) is 5.28. The Morgan fingerprint density at radius 3 is 2.65 bits per heavy atom. The molecule has 4 atom stereocenters. The van der Waals surface area contributed by atoms with Crippen LogP contribution in [0.4, 0.5) is 5.95 Å². The van der Waals surface area contributed by atoms with E-state index >= 15 is 0 Å². The monoisotopic (exact) mass is 427 g/mol. The van der Waals surface area contributed by atoms with Gasteiger partial charge in [-0.15, -0.1) is 0 Å². The van der Waals surface area contributed by atoms with E-state index in [-0.39, 0.29) is 18.3 Å². The lowest BCUT2D eigenvalue weighted by molar-refractivity contribution is -0.199. The van der Waals surface area contributed by atoms with Crippen molar-refractivity contribution in [2.75, 3.05) is 11.9 Å². The second kappa shape index (κ2) is 7.24. The number of benzene rings is 1. The van der Waals surface area contributed by atoms with E-state index < -0.39 is 41.9 Å². The lowest BCUT2D eigenvalue weighted by Crippen LogP contribution is -2.31. The number of hydrogen-bond donors (Lipinski definition) is 2. The first-order chi connectivity index (χ1) is 14.9. The maximum atomic E-state index is 12.5. The van der Waals surface area contributed by atoms with Crippen LogP contribution in [-0.4, -0.2) is 60.7 Å². The molecule has 162 valence electrons. The van der Waals surface area contributed by atoms with Gasteiger partial charge in [0.2, 0.25) is 11.7 Å². The molecule has 1 amide bonds. The smallest absolute Gasteiger partial charge is 0.357 e. The maximum absolute atomic E-state index is 12.5. The van der Waals surface area contributed by atoms with Gasteiger partial charge in [0.15, 0.2) is 12.0 Å². The molecular formula is C20H21N5O6. The first kappa shape index (κ1) is 19.8. The molecule has 0 bridgehead atoms. The molecule has 4 heterocycles. The number of rotatable bonds is 4. The first-order valence-electron chi connectivity index (χ1n) is 9.82. The molecule has 0 spiro atoms. The minimum Gasteiger partial charge on any atom is -0.394 e. The Balaban J connectivity index is 1.50. The van der Waals surface area contributed by atoms with Gasteiger partial charge < -0.3 is 19.3 Å². The summed E-state index contributed by atoms with van der Waals surface area (Å²) >= 11 is 0. The summed E-state index contributed by atoms with van der Waals surface area (Å²) < 4.78 is 20.7. The zero-order valence-corrected chi connectivity index (χ0v) is 16.8. The molecule has 31 heavy (non-hydrogen) atoms. The molecule has 2 N–H and O–H groups in total. The van der Waals surface area contributed by atoms with Crippen LogP contribution in [0.1, 0.15) is 30.4 Å². The van der Waals surface area contributed by atoms with E-state index in [9.17, 15) is 14.7 Å². The number of nitrogens with zero attached hydrogens (tertiary/aromatic N) is 4. The molecule has 2 aliphatic rings. The van der Waals surface area contributed by atoms with Crippen molar-refractivity contribution < 1.29 is 24.1 Å². The van der Waals surface area contributed by atoms with Crippen LogP contribution in [-0.2, 0) is 14.2 Å². The van der Waals surface area contributed by atoms with E-state index in [1.54, 1.807) is 54.9 Å². The molecule has 11 nitrogen and oxygen atoms in total. The van der Waals surface area contributed by atoms with Crippen LogP contribution in [0.15, 0.2) is 47.5 Å². The van der Waals surface area contributed by atoms with E-state index in [2.05, 4.69) is 15.3 Å². The van der Waals surface area contributed by atoms with Gasteiger partial charge in [-0.1, -0.05) is 18.2 Å². The standard InChI is InChI=1S/C20H21N5O6/c1-20(2)30-13-12(10-26)29-16(14(13)31-20)24-8-9-25-18(24)22-17(23-19(25)28)21-15(27)11-6-4-3-5-7-11/h3-9,12-14,16,26H,10H2,1-2H3,(H,21,23,27,28). The van der Waals surface area contributed by atoms with Gasteiger partial charge in [-0.2, -0.15) is 9.97 Å². The predicted octanol–water partition coefficient (Wildman–Crippen LogP) is 0.553. The Morgan fingerprint density at radius 1 is 1.16 bits per heavy atom. The van der Waals surface area contributed by atoms with Crippen LogP contribution in [0.2, 0.25) is 0 Å². The van der Waals surface area contributed by atoms with Crippen molar-refractivity contribution in [3.63, 3.8) is 0 Å². The van der Waals surface area contributed by atoms with E-state index in [4.69, 9.17) is 14.2 Å². The van der Waals surface area contributed by atoms with Crippen molar-refractivity contribution in [1.82, 2.24) is 18.9 Å². The fourth-order valence-electron chi connectivity index (χ4n) is 3.97. The summed E-state index contributed by atoms with van der Waals surface area (Å²) in [6.45, 7) is 3.33. The Kier molecular flexibility index (Phi) is 4.63. The Morgan fingerprint density at radius 2 is 1.90 bits per heavy atom. The number of aromatic nitrogens is 4. The lowest BCUT2D eigenvalue weighted by atomic mass is 10.1. The summed E-state index contributed by atoms with van der Waals surface area (Å²) in [7, 11) is 0. The number of carbonyl (C=O) groups excluding carboxylic acids is 1. The normalized spacial score (nSPS) is 26.8. The third kappa shape index (κ3) is 3.41. The fourth-order valence-corrected chi connectivity index (χ4v) is 3.97. The van der Waals surface area contributed by atoms with Gasteiger partial charge in [0.25, 0.3) is 5.91 Å². The van der Waals surface area contributed by atoms with E-state index in [0.29, 0.717) is 5.56 Å². The number of carbonyl (C=O) groups is 1. The van der Waals surface area contributed by atoms with Crippen molar-refractivity contribution >= 4 is 17.6 Å². The Hall–Kier alpha value is -3.12. The number of hydrogen-bond acceptors (Lipinski definition) is 8. The van der Waals surface area contributed by atoms with E-state index in [0.717, 1.165) is 0 Å². The molecule has 2 fully saturated rings. The van der Waals surface area contributed by atoms with Gasteiger partial charge in [-0.05, 0) is 26.0 Å². The van der Waals surface area contributed by atoms with Gasteiger partial charge in [0, 0.05) is 18.0 Å². The Labute approximate surface area is 176 Å². The number of imidazole rings is 1. The van der Waals surface area contributed by atoms with Crippen molar-refractivity contribution in [1.29, 1.82) is 0 Å². The molecule has 1 aromatic carbocycles. The van der Waals surface area contributed by atoms with Crippen LogP contribution < -0.4 is 11.0 Å². The number of aliphatic hydroxyl groups is 1. The van der Waals surface area contributed by atoms with Gasteiger partial charge in [0.1, 0.15) is 18.3 Å². The van der Waals surface area contributed by atoms with Crippen molar-refractivity contribution in [2.45, 2.75) is 44.2 Å². The number of amides is 1. The molecule has 4 unspecified atom stereocenters. The zero-order valence-electron chi connectivity index (χ0n) is 16.8. The van der Waals surface area contributed by atoms with Crippen LogP contribution in [0.5, 0.6) is 0 Å². The molecular weight excluding hydrogens is 406 g/mol. The zero-order chi connectivity index (χ0) is 21.8. The summed E-state index contributed by atoms with van der Waals surface area (Å²) in [5, 5.41) is 12.3. The SMILES string of the molecule is CC1(C)OC2C(CO)OC(n3ccn4c(=O)nc(NC(=O)c5ccccc5)nc34)C2O1. The predicted molar refractivity (Wildman–Crippen MR) is 106 cm³/mol. The molecule has 3 aromatic rings. The minimum atomic E-state index is -0.839. The van der Waals surface area contributed by atoms with Crippen molar-refractivity contribution in [2.24, 2.45) is 0 Å². The van der Waals surface area contributed by atoms with Crippen LogP contribution in [0.25, 0.3) is 5.78 Å². The minimum absolute atomic E-state index is 0.129. The summed E-state index contributed by atoms with van der Waals surface area (Å²) in [6, 6.07) is 8.54. The number of anilines is 1. The highest BCUT2D eigenvalue weighted by atomic mass is 16.8. The number of aliphatic hydroxyl groups excluding tert-OH is 1. The summed E-state index contributed by atoms with van der Waals surface area (Å²) in [6.07, 6.45) is 0.844. The number of nitrogens with one attached hydrogen (secondary N) is 1. The highest BCUT2D eigenvalue weighted by molar-refractivity contribution is 6.03. The second-order valence-electron chi connectivity index (χ2n) is 7.84. The second-order valence-corrected chi connectivity index (χ2v) is 7.84. The number of fused-ring (bicyclic) bond motifs is 2. The van der Waals surface area contributed by atoms with Crippen LogP contribution in [0, 0.1) is 0 Å². The molecule has 2 saturated heterocycles. The van der Waals surface area contributed by atoms with Crippen molar-refractivity contribution in [3.8, 4) is 0 Å². The van der Waals surface area contributed by atoms with Crippen LogP contribution in [0.3, 0.4) is 0 Å². The summed E-state index contributed by atoms with van der Waals surface area (Å²) in [5.74, 6) is -1.20. The topological polar surface area (TPSA) is 129 Å². The van der Waals surface area contributed by atoms with Gasteiger partial charge >= 0.3 is 5.69 Å². The summed E-state index contributed by atoms with van der Waals surface area (Å²) in [5.41, 5.74) is -0.197. The molecule has 2 aliphatic heterocycles. The number of ether oxygens (including phenoxy) is 3. The average Bonchev–Trinajstić information content (AvgIpc) is 3.39. The molecule has 5 rings (SSSR count). The molecule has 2 aromatic heterocycles. The first-order valence-corrected chi connectivity index (χ1v) is 9.82. The van der Waals surface area contributed by atoms with Crippen LogP contribution >= 0.6 is 0 Å². The molecule has 11 heteroatoms. The summed E-state index contributed by atoms with van der Waals surface area (Å²) in [4.78, 5) is 33.1. The highest BCUT2D eigenvalue weighted by Crippen LogP contribution is 2.43. The Bertz CT molecular complexity index is 1190. The van der Waals surface area contributed by atoms with Crippen molar-refractivity contribution in [3.05, 3.63) is 58.8 Å². The highest BCUT2D eigenvalue weighted by Gasteiger charge is 2.55. The van der Waals surface area contributed by atoms with Gasteiger partial charge in [-0.3, -0.25) is 14.7 Å². The molecule has 0 saturated carbocycles. The van der Waals surface area contributed by atoms with E-state index in [1.165, 1.54) is 10.6 Å². The third-order valence-electron chi connectivity index (χ3n) is 5.28. The average molecular weight is 427 g/mol.